The highest BCUT2D eigenvalue weighted by molar-refractivity contribution is 5.92. The van der Waals surface area contributed by atoms with Gasteiger partial charge in [0, 0.05) is 42.7 Å². The van der Waals surface area contributed by atoms with Crippen LogP contribution in [0.5, 0.6) is 5.75 Å². The lowest BCUT2D eigenvalue weighted by atomic mass is 10.0. The van der Waals surface area contributed by atoms with Crippen molar-refractivity contribution >= 4 is 23.1 Å². The molecule has 2 aliphatic rings. The van der Waals surface area contributed by atoms with Gasteiger partial charge in [-0.25, -0.2) is 9.78 Å². The fraction of sp³-hybridized carbons (Fsp3) is 0.136. The number of aromatic nitrogens is 1. The summed E-state index contributed by atoms with van der Waals surface area (Å²) in [6, 6.07) is 6.09. The van der Waals surface area contributed by atoms with Crippen molar-refractivity contribution in [1.29, 1.82) is 0 Å². The van der Waals surface area contributed by atoms with E-state index in [1.165, 1.54) is 12.5 Å². The largest absolute Gasteiger partial charge is 0.481 e. The summed E-state index contributed by atoms with van der Waals surface area (Å²) >= 11 is 0. The number of aliphatic carboxylic acids is 1. The normalized spacial score (nSPS) is 15.7. The lowest BCUT2D eigenvalue weighted by molar-refractivity contribution is -0.131. The second-order valence-electron chi connectivity index (χ2n) is 6.55. The molecule has 8 nitrogen and oxygen atoms in total. The van der Waals surface area contributed by atoms with Gasteiger partial charge in [-0.2, -0.15) is 0 Å². The van der Waals surface area contributed by atoms with Crippen LogP contribution >= 0.6 is 0 Å². The van der Waals surface area contributed by atoms with Crippen LogP contribution in [0.15, 0.2) is 77.7 Å². The van der Waals surface area contributed by atoms with Gasteiger partial charge in [-0.05, 0) is 36.4 Å². The van der Waals surface area contributed by atoms with E-state index in [0.29, 0.717) is 5.70 Å². The molecule has 1 aromatic carbocycles. The lowest BCUT2D eigenvalue weighted by Gasteiger charge is -2.13. The maximum Gasteiger partial charge on any atom is 0.327 e. The van der Waals surface area contributed by atoms with Gasteiger partial charge in [-0.1, -0.05) is 12.7 Å². The minimum Gasteiger partial charge on any atom is -0.481 e. The summed E-state index contributed by atoms with van der Waals surface area (Å²) in [4.78, 5) is 27.3. The first-order valence-electron chi connectivity index (χ1n) is 9.03. The van der Waals surface area contributed by atoms with Crippen LogP contribution in [0.1, 0.15) is 16.2 Å². The third-order valence-electron chi connectivity index (χ3n) is 4.28. The molecule has 0 radical (unpaired) electrons. The molecule has 1 aliphatic heterocycles. The smallest absolute Gasteiger partial charge is 0.327 e. The van der Waals surface area contributed by atoms with E-state index in [-0.39, 0.29) is 17.9 Å². The van der Waals surface area contributed by atoms with E-state index in [2.05, 4.69) is 22.9 Å². The van der Waals surface area contributed by atoms with Crippen LogP contribution in [-0.2, 0) is 4.79 Å². The molecule has 1 aromatic heterocycles. The summed E-state index contributed by atoms with van der Waals surface area (Å²) in [5.41, 5.74) is 3.78. The summed E-state index contributed by atoms with van der Waals surface area (Å²) in [7, 11) is 4.00. The molecule has 0 bridgehead atoms. The Hall–Kier alpha value is -4.07. The van der Waals surface area contributed by atoms with Gasteiger partial charge in [0.25, 0.3) is 5.89 Å². The monoisotopic (exact) mass is 407 g/mol. The Bertz CT molecular complexity index is 1050. The Morgan fingerprint density at radius 3 is 2.73 bits per heavy atom. The highest BCUT2D eigenvalue weighted by atomic mass is 16.5. The van der Waals surface area contributed by atoms with Gasteiger partial charge in [0.2, 0.25) is 0 Å². The zero-order valence-electron chi connectivity index (χ0n) is 16.5. The molecule has 0 saturated carbocycles. The number of carboxylic acid groups (broad SMARTS) is 1. The van der Waals surface area contributed by atoms with Crippen LogP contribution in [0.3, 0.4) is 0 Å². The minimum absolute atomic E-state index is 0.0297. The van der Waals surface area contributed by atoms with Crippen LogP contribution < -0.4 is 15.0 Å². The van der Waals surface area contributed by atoms with Crippen LogP contribution in [0.25, 0.3) is 5.57 Å². The number of hydrogen-bond acceptors (Lipinski definition) is 6. The number of allylic oxidation sites excluding steroid dienone is 3. The highest BCUT2D eigenvalue weighted by Crippen LogP contribution is 2.41. The summed E-state index contributed by atoms with van der Waals surface area (Å²) in [5.74, 6) is -0.500. The lowest BCUT2D eigenvalue weighted by Crippen LogP contribution is -2.22. The van der Waals surface area contributed by atoms with Crippen LogP contribution in [-0.4, -0.2) is 42.2 Å². The molecule has 2 heterocycles. The number of amides is 1. The summed E-state index contributed by atoms with van der Waals surface area (Å²) in [5, 5.41) is 10.4. The first kappa shape index (κ1) is 20.7. The SMILES string of the molecule is C=CC(=O)O.CN(C)c1ccc2c(c1)C1=CC(NC(=O)c3ncco3)=CC=CC1O2. The summed E-state index contributed by atoms with van der Waals surface area (Å²) in [6.45, 7) is 2.96. The molecule has 1 aliphatic carbocycles. The predicted molar refractivity (Wildman–Crippen MR) is 112 cm³/mol. The number of benzene rings is 1. The molecule has 2 N–H and O–H groups in total. The average Bonchev–Trinajstić information content (AvgIpc) is 3.32. The standard InChI is InChI=1S/C19H17N3O3.C3H4O2/c1-22(2)13-6-7-17-15(11-13)14-10-12(4-3-5-16(14)25-17)21-18(23)19-20-8-9-24-19;1-2-3(4)5/h3-11,16H,1-2H3,(H,21,23);2H,1H2,(H,4,5). The molecule has 8 heteroatoms. The van der Waals surface area contributed by atoms with Crippen molar-refractivity contribution in [3.05, 3.63) is 84.8 Å². The Kier molecular flexibility index (Phi) is 6.17. The first-order chi connectivity index (χ1) is 14.4. The maximum atomic E-state index is 12.2. The zero-order chi connectivity index (χ0) is 21.7. The van der Waals surface area contributed by atoms with E-state index >= 15 is 0 Å². The number of rotatable bonds is 4. The van der Waals surface area contributed by atoms with Crippen molar-refractivity contribution in [2.24, 2.45) is 0 Å². The highest BCUT2D eigenvalue weighted by Gasteiger charge is 2.28. The summed E-state index contributed by atoms with van der Waals surface area (Å²) in [6.07, 6.45) is 11.1. The molecular weight excluding hydrogens is 386 g/mol. The topological polar surface area (TPSA) is 105 Å². The molecule has 154 valence electrons. The third kappa shape index (κ3) is 4.67. The molecule has 0 spiro atoms. The van der Waals surface area contributed by atoms with Crippen LogP contribution in [0, 0.1) is 0 Å². The van der Waals surface area contributed by atoms with Crippen molar-refractivity contribution in [1.82, 2.24) is 10.3 Å². The number of ether oxygens (including phenoxy) is 1. The Balaban J connectivity index is 0.000000461. The molecule has 0 saturated heterocycles. The van der Waals surface area contributed by atoms with Gasteiger partial charge in [0.1, 0.15) is 18.1 Å². The zero-order valence-corrected chi connectivity index (χ0v) is 16.5. The van der Waals surface area contributed by atoms with Crippen molar-refractivity contribution in [3.63, 3.8) is 0 Å². The second kappa shape index (κ2) is 8.95. The van der Waals surface area contributed by atoms with Gasteiger partial charge >= 0.3 is 11.9 Å². The molecular formula is C22H21N3O5. The fourth-order valence-electron chi connectivity index (χ4n) is 2.85. The molecule has 0 fully saturated rings. The van der Waals surface area contributed by atoms with Gasteiger partial charge in [0.05, 0.1) is 6.20 Å². The van der Waals surface area contributed by atoms with Crippen molar-refractivity contribution in [2.75, 3.05) is 19.0 Å². The second-order valence-corrected chi connectivity index (χ2v) is 6.55. The molecule has 4 rings (SSSR count). The number of fused-ring (bicyclic) bond motifs is 3. The van der Waals surface area contributed by atoms with E-state index in [1.807, 2.05) is 55.4 Å². The number of oxazole rings is 1. The number of nitrogens with one attached hydrogen (secondary N) is 1. The van der Waals surface area contributed by atoms with E-state index in [4.69, 9.17) is 14.3 Å². The average molecular weight is 407 g/mol. The number of nitrogens with zero attached hydrogens (tertiary/aromatic N) is 2. The van der Waals surface area contributed by atoms with Crippen molar-refractivity contribution < 1.29 is 23.8 Å². The Morgan fingerprint density at radius 1 is 1.33 bits per heavy atom. The van der Waals surface area contributed by atoms with E-state index in [0.717, 1.165) is 28.6 Å². The summed E-state index contributed by atoms with van der Waals surface area (Å²) < 4.78 is 11.0. The van der Waals surface area contributed by atoms with E-state index in [1.54, 1.807) is 0 Å². The van der Waals surface area contributed by atoms with Gasteiger partial charge in [-0.15, -0.1) is 0 Å². The van der Waals surface area contributed by atoms with E-state index in [9.17, 15) is 9.59 Å². The molecule has 2 aromatic rings. The Labute approximate surface area is 173 Å². The fourth-order valence-corrected chi connectivity index (χ4v) is 2.85. The minimum atomic E-state index is -0.981. The van der Waals surface area contributed by atoms with Gasteiger partial charge < -0.3 is 24.5 Å². The van der Waals surface area contributed by atoms with Gasteiger partial charge in [0.15, 0.2) is 0 Å². The number of carbonyl (C=O) groups is 2. The molecule has 1 atom stereocenters. The first-order valence-corrected chi connectivity index (χ1v) is 9.03. The number of carbonyl (C=O) groups excluding carboxylic acids is 1. The predicted octanol–water partition coefficient (Wildman–Crippen LogP) is 3.03. The Morgan fingerprint density at radius 2 is 2.10 bits per heavy atom. The van der Waals surface area contributed by atoms with Crippen LogP contribution in [0.2, 0.25) is 0 Å². The maximum absolute atomic E-state index is 12.2. The van der Waals surface area contributed by atoms with Crippen molar-refractivity contribution in [3.8, 4) is 5.75 Å². The van der Waals surface area contributed by atoms with Crippen LogP contribution in [0.4, 0.5) is 5.69 Å². The van der Waals surface area contributed by atoms with E-state index < -0.39 is 5.97 Å². The van der Waals surface area contributed by atoms with Crippen molar-refractivity contribution in [2.45, 2.75) is 6.10 Å². The number of anilines is 1. The molecule has 1 unspecified atom stereocenters. The number of carboxylic acids is 1. The quantitative estimate of drug-likeness (QED) is 0.751. The molecule has 30 heavy (non-hydrogen) atoms. The third-order valence-corrected chi connectivity index (χ3v) is 4.28. The van der Waals surface area contributed by atoms with Gasteiger partial charge in [-0.3, -0.25) is 4.79 Å². The number of hydrogen-bond donors (Lipinski definition) is 2. The molecule has 1 amide bonds.